The summed E-state index contributed by atoms with van der Waals surface area (Å²) in [6.45, 7) is 0. The smallest absolute Gasteiger partial charge is 0.252 e. The second kappa shape index (κ2) is 6.67. The van der Waals surface area contributed by atoms with Crippen LogP contribution in [0.3, 0.4) is 0 Å². The van der Waals surface area contributed by atoms with E-state index in [4.69, 9.17) is 5.73 Å². The van der Waals surface area contributed by atoms with Gasteiger partial charge in [0, 0.05) is 22.2 Å². The molecule has 0 spiro atoms. The minimum atomic E-state index is -0.848. The van der Waals surface area contributed by atoms with Crippen LogP contribution in [0, 0.1) is 0 Å². The van der Waals surface area contributed by atoms with Crippen molar-refractivity contribution in [2.75, 3.05) is 0 Å². The highest BCUT2D eigenvalue weighted by Gasteiger charge is 2.22. The van der Waals surface area contributed by atoms with E-state index in [1.54, 1.807) is 18.2 Å². The molecule has 0 bridgehead atoms. The molecule has 0 radical (unpaired) electrons. The summed E-state index contributed by atoms with van der Waals surface area (Å²) in [6.07, 6.45) is 4.47. The van der Waals surface area contributed by atoms with Gasteiger partial charge >= 0.3 is 0 Å². The number of hydrogen-bond acceptors (Lipinski definition) is 2. The molecule has 5 heteroatoms. The number of aromatic nitrogens is 1. The molecule has 132 valence electrons. The Morgan fingerprint density at radius 1 is 1.04 bits per heavy atom. The maximum atomic E-state index is 12.7. The Hall–Kier alpha value is -3.08. The molecule has 0 aliphatic heterocycles. The third-order valence-corrected chi connectivity index (χ3v) is 5.05. The van der Waals surface area contributed by atoms with Crippen molar-refractivity contribution < 1.29 is 9.59 Å². The molecule has 1 atom stereocenters. The number of nitrogens with one attached hydrogen (secondary N) is 2. The van der Waals surface area contributed by atoms with Crippen molar-refractivity contribution in [1.82, 2.24) is 10.3 Å². The summed E-state index contributed by atoms with van der Waals surface area (Å²) in [4.78, 5) is 28.0. The molecule has 0 saturated heterocycles. The Morgan fingerprint density at radius 2 is 1.81 bits per heavy atom. The Bertz CT molecular complexity index is 976. The molecule has 3 aromatic rings. The zero-order valence-corrected chi connectivity index (χ0v) is 14.4. The van der Waals surface area contributed by atoms with Crippen molar-refractivity contribution in [1.29, 1.82) is 0 Å². The normalized spacial score (nSPS) is 14.6. The van der Waals surface area contributed by atoms with E-state index < -0.39 is 11.9 Å². The monoisotopic (exact) mass is 347 g/mol. The molecule has 2 aromatic carbocycles. The lowest BCUT2D eigenvalue weighted by Gasteiger charge is -2.16. The van der Waals surface area contributed by atoms with Gasteiger partial charge in [0.15, 0.2) is 0 Å². The van der Waals surface area contributed by atoms with Gasteiger partial charge in [-0.1, -0.05) is 30.3 Å². The van der Waals surface area contributed by atoms with E-state index >= 15 is 0 Å². The molecule has 5 nitrogen and oxygen atoms in total. The topological polar surface area (TPSA) is 88.0 Å². The van der Waals surface area contributed by atoms with Gasteiger partial charge in [0.1, 0.15) is 6.04 Å². The number of fused-ring (bicyclic) bond motifs is 3. The summed E-state index contributed by atoms with van der Waals surface area (Å²) in [5.74, 6) is -0.880. The number of aryl methyl sites for hydroxylation is 2. The maximum Gasteiger partial charge on any atom is 0.252 e. The fourth-order valence-corrected chi connectivity index (χ4v) is 3.73. The largest absolute Gasteiger partial charge is 0.368 e. The molecule has 26 heavy (non-hydrogen) atoms. The van der Waals surface area contributed by atoms with Crippen molar-refractivity contribution in [2.45, 2.75) is 31.7 Å². The van der Waals surface area contributed by atoms with Gasteiger partial charge in [0.25, 0.3) is 5.91 Å². The number of nitrogens with two attached hydrogens (primary N) is 1. The van der Waals surface area contributed by atoms with Gasteiger partial charge in [-0.25, -0.2) is 0 Å². The van der Waals surface area contributed by atoms with Crippen LogP contribution in [0.1, 0.15) is 46.1 Å². The molecule has 1 heterocycles. The molecule has 1 aliphatic carbocycles. The summed E-state index contributed by atoms with van der Waals surface area (Å²) < 4.78 is 0. The van der Waals surface area contributed by atoms with Crippen LogP contribution in [0.25, 0.3) is 10.9 Å². The lowest BCUT2D eigenvalue weighted by Crippen LogP contribution is -2.37. The van der Waals surface area contributed by atoms with Crippen molar-refractivity contribution in [3.63, 3.8) is 0 Å². The average molecular weight is 347 g/mol. The first-order chi connectivity index (χ1) is 12.6. The van der Waals surface area contributed by atoms with Gasteiger partial charge in [0.2, 0.25) is 5.91 Å². The van der Waals surface area contributed by atoms with Crippen molar-refractivity contribution in [3.8, 4) is 0 Å². The lowest BCUT2D eigenvalue weighted by molar-refractivity contribution is -0.120. The fraction of sp³-hybridized carbons (Fsp3) is 0.238. The molecular weight excluding hydrogens is 326 g/mol. The summed E-state index contributed by atoms with van der Waals surface area (Å²) in [5, 5.41) is 3.86. The fourth-order valence-electron chi connectivity index (χ4n) is 3.73. The number of H-pyrrole nitrogens is 1. The highest BCUT2D eigenvalue weighted by molar-refractivity contribution is 6.01. The highest BCUT2D eigenvalue weighted by Crippen LogP contribution is 2.29. The van der Waals surface area contributed by atoms with Crippen molar-refractivity contribution in [2.24, 2.45) is 5.73 Å². The molecule has 1 aromatic heterocycles. The molecule has 1 aliphatic rings. The number of amides is 2. The molecule has 0 saturated carbocycles. The summed E-state index contributed by atoms with van der Waals surface area (Å²) in [5.41, 5.74) is 10.4. The molecule has 1 unspecified atom stereocenters. The maximum absolute atomic E-state index is 12.7. The minimum Gasteiger partial charge on any atom is -0.368 e. The first-order valence-corrected chi connectivity index (χ1v) is 8.92. The molecular formula is C21H21N3O2. The predicted molar refractivity (Wildman–Crippen MR) is 101 cm³/mol. The second-order valence-corrected chi connectivity index (χ2v) is 6.77. The van der Waals surface area contributed by atoms with Crippen LogP contribution in [0.5, 0.6) is 0 Å². The van der Waals surface area contributed by atoms with Crippen LogP contribution in [-0.2, 0) is 17.6 Å². The predicted octanol–water partition coefficient (Wildman–Crippen LogP) is 3.00. The first kappa shape index (κ1) is 16.4. The Kier molecular flexibility index (Phi) is 4.21. The second-order valence-electron chi connectivity index (χ2n) is 6.77. The van der Waals surface area contributed by atoms with E-state index in [1.165, 1.54) is 24.1 Å². The van der Waals surface area contributed by atoms with Crippen molar-refractivity contribution >= 4 is 22.7 Å². The van der Waals surface area contributed by atoms with Crippen LogP contribution in [-0.4, -0.2) is 16.8 Å². The standard InChI is InChI=1S/C21H21N3O2/c22-20(25)19(13-6-2-1-3-7-13)24-21(26)14-10-11-18-16(12-14)15-8-4-5-9-17(15)23-18/h1-3,6-7,10-12,19,23H,4-5,8-9H2,(H2,22,25)(H,24,26). The SMILES string of the molecule is NC(=O)C(NC(=O)c1ccc2[nH]c3c(c2c1)CCCC3)c1ccccc1. The molecule has 4 rings (SSSR count). The molecule has 0 fully saturated rings. The van der Waals surface area contributed by atoms with E-state index in [1.807, 2.05) is 30.3 Å². The van der Waals surface area contributed by atoms with Gasteiger partial charge < -0.3 is 16.0 Å². The van der Waals surface area contributed by atoms with Crippen LogP contribution in [0.15, 0.2) is 48.5 Å². The number of carbonyl (C=O) groups is 2. The average Bonchev–Trinajstić information content (AvgIpc) is 3.04. The number of aromatic amines is 1. The lowest BCUT2D eigenvalue weighted by atomic mass is 9.95. The van der Waals surface area contributed by atoms with Gasteiger partial charge in [0.05, 0.1) is 0 Å². The Balaban J connectivity index is 1.64. The number of carbonyl (C=O) groups excluding carboxylic acids is 2. The van der Waals surface area contributed by atoms with E-state index in [9.17, 15) is 9.59 Å². The van der Waals surface area contributed by atoms with Crippen LogP contribution in [0.2, 0.25) is 0 Å². The van der Waals surface area contributed by atoms with Gasteiger partial charge in [-0.2, -0.15) is 0 Å². The number of primary amides is 1. The van der Waals surface area contributed by atoms with Crippen LogP contribution >= 0.6 is 0 Å². The summed E-state index contributed by atoms with van der Waals surface area (Å²) in [7, 11) is 0. The zero-order chi connectivity index (χ0) is 18.1. The summed E-state index contributed by atoms with van der Waals surface area (Å²) >= 11 is 0. The van der Waals surface area contributed by atoms with E-state index in [0.717, 1.165) is 23.7 Å². The Labute approximate surface area is 151 Å². The van der Waals surface area contributed by atoms with Crippen molar-refractivity contribution in [3.05, 3.63) is 70.9 Å². The number of rotatable bonds is 4. The van der Waals surface area contributed by atoms with Gasteiger partial charge in [-0.15, -0.1) is 0 Å². The highest BCUT2D eigenvalue weighted by atomic mass is 16.2. The third-order valence-electron chi connectivity index (χ3n) is 5.05. The number of benzene rings is 2. The minimum absolute atomic E-state index is 0.301. The van der Waals surface area contributed by atoms with Crippen LogP contribution in [0.4, 0.5) is 0 Å². The van der Waals surface area contributed by atoms with E-state index in [-0.39, 0.29) is 5.91 Å². The quantitative estimate of drug-likeness (QED) is 0.677. The van der Waals surface area contributed by atoms with Crippen LogP contribution < -0.4 is 11.1 Å². The third kappa shape index (κ3) is 2.96. The zero-order valence-electron chi connectivity index (χ0n) is 14.4. The van der Waals surface area contributed by atoms with E-state index in [0.29, 0.717) is 11.1 Å². The Morgan fingerprint density at radius 3 is 2.58 bits per heavy atom. The van der Waals surface area contributed by atoms with Gasteiger partial charge in [-0.3, -0.25) is 9.59 Å². The molecule has 4 N–H and O–H groups in total. The summed E-state index contributed by atoms with van der Waals surface area (Å²) in [6, 6.07) is 13.8. The first-order valence-electron chi connectivity index (χ1n) is 8.92. The molecule has 2 amide bonds. The van der Waals surface area contributed by atoms with E-state index in [2.05, 4.69) is 10.3 Å². The van der Waals surface area contributed by atoms with Gasteiger partial charge in [-0.05, 0) is 55.0 Å². The number of hydrogen-bond donors (Lipinski definition) is 3.